The molecule has 1 aromatic heterocycles. The van der Waals surface area contributed by atoms with E-state index in [9.17, 15) is 14.0 Å². The fourth-order valence-electron chi connectivity index (χ4n) is 4.59. The molecular formula is C28H26FN3O2S. The number of piperidine rings is 1. The van der Waals surface area contributed by atoms with Crippen LogP contribution in [0.1, 0.15) is 39.3 Å². The van der Waals surface area contributed by atoms with Gasteiger partial charge in [-0.3, -0.25) is 9.59 Å². The number of rotatable bonds is 5. The molecule has 3 aromatic carbocycles. The maximum absolute atomic E-state index is 14.0. The Bertz CT molecular complexity index is 1390. The molecule has 5 nitrogen and oxygen atoms in total. The van der Waals surface area contributed by atoms with E-state index in [0.29, 0.717) is 48.6 Å². The van der Waals surface area contributed by atoms with Crippen molar-refractivity contribution in [2.24, 2.45) is 5.92 Å². The van der Waals surface area contributed by atoms with Crippen molar-refractivity contribution >= 4 is 39.1 Å². The van der Waals surface area contributed by atoms with Crippen LogP contribution in [-0.2, 0) is 11.2 Å². The zero-order valence-electron chi connectivity index (χ0n) is 19.5. The number of amides is 2. The van der Waals surface area contributed by atoms with Crippen LogP contribution in [0.15, 0.2) is 66.7 Å². The Morgan fingerprint density at radius 1 is 1.03 bits per heavy atom. The monoisotopic (exact) mass is 487 g/mol. The molecule has 178 valence electrons. The Balaban J connectivity index is 1.20. The fraction of sp³-hybridized carbons (Fsp3) is 0.250. The molecule has 0 saturated carbocycles. The van der Waals surface area contributed by atoms with Crippen molar-refractivity contribution in [1.82, 2.24) is 9.88 Å². The standard InChI is InChI=1S/C28H26FN3O2S/c1-18-25(17-21-8-3-5-12-24(21)29)35-28(30-18)31-26(33)20-13-15-32(16-14-20)27(34)23-11-6-9-19-7-2-4-10-22(19)23/h2-12,20H,13-17H2,1H3,(H,30,31,33). The lowest BCUT2D eigenvalue weighted by Gasteiger charge is -2.31. The van der Waals surface area contributed by atoms with Crippen LogP contribution in [0, 0.1) is 18.7 Å². The van der Waals surface area contributed by atoms with Crippen molar-refractivity contribution in [2.75, 3.05) is 18.4 Å². The molecule has 1 aliphatic rings. The van der Waals surface area contributed by atoms with Crippen LogP contribution in [0.25, 0.3) is 10.8 Å². The number of aryl methyl sites for hydroxylation is 1. The van der Waals surface area contributed by atoms with E-state index in [1.165, 1.54) is 17.4 Å². The largest absolute Gasteiger partial charge is 0.339 e. The Hall–Kier alpha value is -3.58. The Kier molecular flexibility index (Phi) is 6.59. The Morgan fingerprint density at radius 2 is 1.74 bits per heavy atom. The third-order valence-electron chi connectivity index (χ3n) is 6.60. The molecule has 7 heteroatoms. The summed E-state index contributed by atoms with van der Waals surface area (Å²) in [5.74, 6) is -0.482. The highest BCUT2D eigenvalue weighted by molar-refractivity contribution is 7.15. The van der Waals surface area contributed by atoms with Gasteiger partial charge < -0.3 is 10.2 Å². The summed E-state index contributed by atoms with van der Waals surface area (Å²) in [6, 6.07) is 20.4. The molecule has 0 atom stereocenters. The highest BCUT2D eigenvalue weighted by Gasteiger charge is 2.29. The molecule has 1 fully saturated rings. The van der Waals surface area contributed by atoms with Gasteiger partial charge in [0.15, 0.2) is 5.13 Å². The first kappa shape index (κ1) is 23.2. The molecule has 0 aliphatic carbocycles. The summed E-state index contributed by atoms with van der Waals surface area (Å²) in [7, 11) is 0. The predicted molar refractivity (Wildman–Crippen MR) is 137 cm³/mol. The van der Waals surface area contributed by atoms with E-state index in [1.54, 1.807) is 12.1 Å². The summed E-state index contributed by atoms with van der Waals surface area (Å²) < 4.78 is 14.0. The van der Waals surface area contributed by atoms with Crippen LogP contribution in [0.2, 0.25) is 0 Å². The Labute approximate surface area is 207 Å². The first-order valence-electron chi connectivity index (χ1n) is 11.8. The van der Waals surface area contributed by atoms with E-state index in [1.807, 2.05) is 60.4 Å². The molecule has 5 rings (SSSR count). The maximum Gasteiger partial charge on any atom is 0.254 e. The van der Waals surface area contributed by atoms with Crippen molar-refractivity contribution in [3.05, 3.63) is 94.2 Å². The number of nitrogens with zero attached hydrogens (tertiary/aromatic N) is 2. The summed E-state index contributed by atoms with van der Waals surface area (Å²) in [6.45, 7) is 2.95. The van der Waals surface area contributed by atoms with Crippen molar-refractivity contribution in [2.45, 2.75) is 26.2 Å². The molecule has 0 unspecified atom stereocenters. The van der Waals surface area contributed by atoms with E-state index in [2.05, 4.69) is 10.3 Å². The average Bonchev–Trinajstić information content (AvgIpc) is 3.22. The van der Waals surface area contributed by atoms with Crippen molar-refractivity contribution < 1.29 is 14.0 Å². The number of carbonyl (C=O) groups is 2. The Morgan fingerprint density at radius 3 is 2.54 bits per heavy atom. The third-order valence-corrected chi connectivity index (χ3v) is 7.68. The van der Waals surface area contributed by atoms with E-state index < -0.39 is 0 Å². The second-order valence-electron chi connectivity index (χ2n) is 8.88. The van der Waals surface area contributed by atoms with E-state index in [0.717, 1.165) is 21.3 Å². The first-order chi connectivity index (χ1) is 17.0. The number of benzene rings is 3. The van der Waals surface area contributed by atoms with E-state index >= 15 is 0 Å². The number of thiazole rings is 1. The van der Waals surface area contributed by atoms with E-state index in [-0.39, 0.29) is 23.5 Å². The van der Waals surface area contributed by atoms with Gasteiger partial charge in [-0.2, -0.15) is 0 Å². The quantitative estimate of drug-likeness (QED) is 0.386. The van der Waals surface area contributed by atoms with Gasteiger partial charge >= 0.3 is 0 Å². The number of hydrogen-bond donors (Lipinski definition) is 1. The van der Waals surface area contributed by atoms with Gasteiger partial charge in [0.05, 0.1) is 5.69 Å². The minimum atomic E-state index is -0.240. The minimum Gasteiger partial charge on any atom is -0.339 e. The van der Waals surface area contributed by atoms with Crippen LogP contribution >= 0.6 is 11.3 Å². The van der Waals surface area contributed by atoms with Crippen LogP contribution in [0.4, 0.5) is 9.52 Å². The highest BCUT2D eigenvalue weighted by Crippen LogP contribution is 2.28. The fourth-order valence-corrected chi connectivity index (χ4v) is 5.58. The summed E-state index contributed by atoms with van der Waals surface area (Å²) in [4.78, 5) is 33.4. The molecule has 1 N–H and O–H groups in total. The van der Waals surface area contributed by atoms with Crippen molar-refractivity contribution in [1.29, 1.82) is 0 Å². The normalized spacial score (nSPS) is 14.3. The number of aromatic nitrogens is 1. The lowest BCUT2D eigenvalue weighted by molar-refractivity contribution is -0.121. The molecule has 2 amide bonds. The van der Waals surface area contributed by atoms with Gasteiger partial charge in [-0.05, 0) is 48.2 Å². The number of likely N-dealkylation sites (tertiary alicyclic amines) is 1. The van der Waals surface area contributed by atoms with Gasteiger partial charge in [-0.25, -0.2) is 9.37 Å². The first-order valence-corrected chi connectivity index (χ1v) is 12.6. The molecule has 4 aromatic rings. The van der Waals surface area contributed by atoms with Gasteiger partial charge in [0.2, 0.25) is 5.91 Å². The molecule has 0 spiro atoms. The van der Waals surface area contributed by atoms with Crippen LogP contribution in [-0.4, -0.2) is 34.8 Å². The zero-order chi connectivity index (χ0) is 24.4. The molecule has 2 heterocycles. The molecule has 0 bridgehead atoms. The van der Waals surface area contributed by atoms with Crippen LogP contribution in [0.3, 0.4) is 0 Å². The zero-order valence-corrected chi connectivity index (χ0v) is 20.3. The predicted octanol–water partition coefficient (Wildman–Crippen LogP) is 5.83. The van der Waals surface area contributed by atoms with Gasteiger partial charge in [-0.1, -0.05) is 54.6 Å². The smallest absolute Gasteiger partial charge is 0.254 e. The summed E-state index contributed by atoms with van der Waals surface area (Å²) in [6.07, 6.45) is 1.66. The lowest BCUT2D eigenvalue weighted by Crippen LogP contribution is -2.41. The number of halogens is 1. The van der Waals surface area contributed by atoms with Gasteiger partial charge in [0, 0.05) is 35.9 Å². The second kappa shape index (κ2) is 9.96. The number of fused-ring (bicyclic) bond motifs is 1. The SMILES string of the molecule is Cc1nc(NC(=O)C2CCN(C(=O)c3cccc4ccccc34)CC2)sc1Cc1ccccc1F. The number of hydrogen-bond acceptors (Lipinski definition) is 4. The molecule has 1 saturated heterocycles. The topological polar surface area (TPSA) is 62.3 Å². The lowest BCUT2D eigenvalue weighted by atomic mass is 9.95. The summed E-state index contributed by atoms with van der Waals surface area (Å²) in [5, 5.41) is 5.47. The average molecular weight is 488 g/mol. The molecule has 0 radical (unpaired) electrons. The van der Waals surface area contributed by atoms with E-state index in [4.69, 9.17) is 0 Å². The number of nitrogens with one attached hydrogen (secondary N) is 1. The minimum absolute atomic E-state index is 0.00833. The molecule has 1 aliphatic heterocycles. The molecule has 35 heavy (non-hydrogen) atoms. The van der Waals surface area contributed by atoms with Gasteiger partial charge in [0.1, 0.15) is 5.82 Å². The summed E-state index contributed by atoms with van der Waals surface area (Å²) in [5.41, 5.74) is 2.11. The van der Waals surface area contributed by atoms with Gasteiger partial charge in [-0.15, -0.1) is 11.3 Å². The van der Waals surface area contributed by atoms with Gasteiger partial charge in [0.25, 0.3) is 5.91 Å². The summed E-state index contributed by atoms with van der Waals surface area (Å²) >= 11 is 1.38. The van der Waals surface area contributed by atoms with Crippen LogP contribution in [0.5, 0.6) is 0 Å². The number of anilines is 1. The molecular weight excluding hydrogens is 461 g/mol. The maximum atomic E-state index is 14.0. The van der Waals surface area contributed by atoms with Crippen molar-refractivity contribution in [3.63, 3.8) is 0 Å². The third kappa shape index (κ3) is 4.95. The number of carbonyl (C=O) groups excluding carboxylic acids is 2. The van der Waals surface area contributed by atoms with Crippen molar-refractivity contribution in [3.8, 4) is 0 Å². The van der Waals surface area contributed by atoms with Crippen LogP contribution < -0.4 is 5.32 Å². The second-order valence-corrected chi connectivity index (χ2v) is 9.96. The highest BCUT2D eigenvalue weighted by atomic mass is 32.1.